The van der Waals surface area contributed by atoms with Crippen molar-refractivity contribution < 1.29 is 9.59 Å². The van der Waals surface area contributed by atoms with Gasteiger partial charge in [0.2, 0.25) is 17.8 Å². The van der Waals surface area contributed by atoms with Crippen LogP contribution in [0.2, 0.25) is 0 Å². The minimum Gasteiger partial charge on any atom is -0.341 e. The van der Waals surface area contributed by atoms with E-state index in [1.54, 1.807) is 4.90 Å². The zero-order chi connectivity index (χ0) is 22.5. The van der Waals surface area contributed by atoms with Gasteiger partial charge in [-0.2, -0.15) is 5.26 Å². The van der Waals surface area contributed by atoms with Crippen molar-refractivity contribution in [2.45, 2.75) is 57.9 Å². The molecule has 2 saturated heterocycles. The molecule has 3 aliphatic rings. The van der Waals surface area contributed by atoms with Gasteiger partial charge in [0.05, 0.1) is 12.2 Å². The number of aromatic nitrogens is 2. The van der Waals surface area contributed by atoms with Crippen LogP contribution in [0.4, 0.5) is 0 Å². The summed E-state index contributed by atoms with van der Waals surface area (Å²) in [4.78, 5) is 38.3. The maximum Gasteiger partial charge on any atom is 0.247 e. The highest BCUT2D eigenvalue weighted by molar-refractivity contribution is 5.91. The van der Waals surface area contributed by atoms with Crippen molar-refractivity contribution >= 4 is 24.0 Å². The van der Waals surface area contributed by atoms with Crippen LogP contribution in [0.15, 0.2) is 16.9 Å². The molecular weight excluding hydrogens is 408 g/mol. The first-order chi connectivity index (χ1) is 15.5. The van der Waals surface area contributed by atoms with Gasteiger partial charge in [-0.05, 0) is 45.4 Å². The lowest BCUT2D eigenvalue weighted by Crippen LogP contribution is -2.45. The molecule has 0 saturated carbocycles. The molecule has 0 radical (unpaired) electrons. The monoisotopic (exact) mass is 438 g/mol. The van der Waals surface area contributed by atoms with Crippen molar-refractivity contribution in [3.63, 3.8) is 0 Å². The molecule has 10 nitrogen and oxygen atoms in total. The summed E-state index contributed by atoms with van der Waals surface area (Å²) in [5.74, 6) is 1.11. The van der Waals surface area contributed by atoms with Gasteiger partial charge >= 0.3 is 0 Å². The summed E-state index contributed by atoms with van der Waals surface area (Å²) in [7, 11) is 0. The minimum atomic E-state index is -0.623. The van der Waals surface area contributed by atoms with Crippen LogP contribution in [0, 0.1) is 18.4 Å². The van der Waals surface area contributed by atoms with Crippen molar-refractivity contribution in [3.8, 4) is 6.19 Å². The highest BCUT2D eigenvalue weighted by Gasteiger charge is 2.30. The predicted molar refractivity (Wildman–Crippen MR) is 119 cm³/mol. The molecule has 0 aromatic carbocycles. The number of hydrogen-bond donors (Lipinski definition) is 2. The van der Waals surface area contributed by atoms with Crippen molar-refractivity contribution in [2.75, 3.05) is 26.2 Å². The third-order valence-electron chi connectivity index (χ3n) is 6.12. The molecule has 4 heterocycles. The second kappa shape index (κ2) is 9.85. The number of aliphatic imine (C=N–C) groups is 1. The van der Waals surface area contributed by atoms with Gasteiger partial charge in [-0.15, -0.1) is 0 Å². The zero-order valence-electron chi connectivity index (χ0n) is 18.5. The lowest BCUT2D eigenvalue weighted by atomic mass is 10.1. The predicted octanol–water partition coefficient (Wildman–Crippen LogP) is 0.956. The van der Waals surface area contributed by atoms with Gasteiger partial charge in [0.15, 0.2) is 6.19 Å². The lowest BCUT2D eigenvalue weighted by Gasteiger charge is -2.25. The number of imidazole rings is 1. The smallest absolute Gasteiger partial charge is 0.247 e. The number of aryl methyl sites for hydroxylation is 2. The Balaban J connectivity index is 1.47. The molecule has 1 aromatic heterocycles. The Kier molecular flexibility index (Phi) is 6.73. The van der Waals surface area contributed by atoms with E-state index in [2.05, 4.69) is 20.6 Å². The van der Waals surface area contributed by atoms with Gasteiger partial charge in [0.1, 0.15) is 11.9 Å². The number of amides is 2. The second-order valence-corrected chi connectivity index (χ2v) is 8.56. The fourth-order valence-corrected chi connectivity index (χ4v) is 4.48. The number of guanidine groups is 1. The van der Waals surface area contributed by atoms with Gasteiger partial charge < -0.3 is 19.7 Å². The standard InChI is InChI=1S/C22H30N8O2/c1-16-12-30-13-17(7-8-19(30)25-16)26-22(24-15-23)27-18-6-2-3-11-29(21(18)32)14-20(31)28-9-4-5-10-28/h12-13,18H,2-11,14H2,1H3,(H2,24,26,27). The summed E-state index contributed by atoms with van der Waals surface area (Å²) in [5, 5.41) is 15.0. The number of nitriles is 1. The highest BCUT2D eigenvalue weighted by Crippen LogP contribution is 2.18. The Morgan fingerprint density at radius 2 is 2.03 bits per heavy atom. The number of allylic oxidation sites excluding steroid dienone is 1. The molecule has 0 aliphatic carbocycles. The molecule has 10 heteroatoms. The average Bonchev–Trinajstić information content (AvgIpc) is 3.39. The molecule has 2 N–H and O–H groups in total. The van der Waals surface area contributed by atoms with Crippen LogP contribution in [0.1, 0.15) is 50.0 Å². The van der Waals surface area contributed by atoms with Crippen LogP contribution in [0.5, 0.6) is 0 Å². The van der Waals surface area contributed by atoms with E-state index in [1.165, 1.54) is 0 Å². The number of fused-ring (bicyclic) bond motifs is 1. The molecule has 2 fully saturated rings. The maximum absolute atomic E-state index is 13.2. The molecule has 1 atom stereocenters. The average molecular weight is 439 g/mol. The Morgan fingerprint density at radius 1 is 1.25 bits per heavy atom. The van der Waals surface area contributed by atoms with Crippen molar-refractivity contribution in [1.29, 1.82) is 5.26 Å². The van der Waals surface area contributed by atoms with E-state index in [1.807, 2.05) is 35.0 Å². The minimum absolute atomic E-state index is 0.00719. The number of rotatable bonds is 4. The molecule has 1 unspecified atom stereocenters. The van der Waals surface area contributed by atoms with Crippen molar-refractivity contribution in [1.82, 2.24) is 30.0 Å². The van der Waals surface area contributed by atoms with Crippen LogP contribution >= 0.6 is 0 Å². The fourth-order valence-electron chi connectivity index (χ4n) is 4.48. The number of carbonyl (C=O) groups excluding carboxylic acids is 2. The van der Waals surface area contributed by atoms with Gasteiger partial charge in [-0.1, -0.05) is 0 Å². The van der Waals surface area contributed by atoms with Crippen molar-refractivity contribution in [2.24, 2.45) is 4.99 Å². The summed E-state index contributed by atoms with van der Waals surface area (Å²) in [6.07, 6.45) is 11.6. The van der Waals surface area contributed by atoms with Gasteiger partial charge in [-0.3, -0.25) is 14.9 Å². The summed E-state index contributed by atoms with van der Waals surface area (Å²) >= 11 is 0. The molecule has 170 valence electrons. The molecule has 4 rings (SSSR count). The zero-order valence-corrected chi connectivity index (χ0v) is 18.5. The van der Waals surface area contributed by atoms with Crippen LogP contribution in [0.25, 0.3) is 6.20 Å². The van der Waals surface area contributed by atoms with Gasteiger partial charge in [-0.25, -0.2) is 9.98 Å². The molecule has 2 amide bonds. The molecule has 3 aliphatic heterocycles. The third kappa shape index (κ3) is 5.10. The van der Waals surface area contributed by atoms with E-state index >= 15 is 0 Å². The Hall–Kier alpha value is -3.35. The van der Waals surface area contributed by atoms with Crippen LogP contribution in [-0.4, -0.2) is 69.3 Å². The topological polar surface area (TPSA) is 119 Å². The molecule has 0 spiro atoms. The Morgan fingerprint density at radius 3 is 2.81 bits per heavy atom. The largest absolute Gasteiger partial charge is 0.341 e. The second-order valence-electron chi connectivity index (χ2n) is 8.56. The molecular formula is C22H30N8O2. The van der Waals surface area contributed by atoms with E-state index in [4.69, 9.17) is 0 Å². The summed E-state index contributed by atoms with van der Waals surface area (Å²) in [6.45, 7) is 4.17. The molecule has 1 aromatic rings. The summed E-state index contributed by atoms with van der Waals surface area (Å²) < 4.78 is 1.97. The van der Waals surface area contributed by atoms with E-state index < -0.39 is 6.04 Å². The Labute approximate surface area is 188 Å². The number of nitrogens with zero attached hydrogens (tertiary/aromatic N) is 6. The van der Waals surface area contributed by atoms with Crippen LogP contribution in [-0.2, 0) is 16.0 Å². The van der Waals surface area contributed by atoms with Crippen molar-refractivity contribution in [3.05, 3.63) is 23.4 Å². The number of likely N-dealkylation sites (tertiary alicyclic amines) is 2. The normalized spacial score (nSPS) is 21.5. The van der Waals surface area contributed by atoms with E-state index in [9.17, 15) is 14.9 Å². The van der Waals surface area contributed by atoms with Crippen LogP contribution in [0.3, 0.4) is 0 Å². The molecule has 32 heavy (non-hydrogen) atoms. The first-order valence-electron chi connectivity index (χ1n) is 11.3. The van der Waals surface area contributed by atoms with E-state index in [-0.39, 0.29) is 24.3 Å². The first kappa shape index (κ1) is 21.9. The lowest BCUT2D eigenvalue weighted by molar-refractivity contribution is -0.140. The third-order valence-corrected chi connectivity index (χ3v) is 6.12. The maximum atomic E-state index is 13.2. The highest BCUT2D eigenvalue weighted by atomic mass is 16.2. The van der Waals surface area contributed by atoms with Crippen LogP contribution < -0.4 is 10.6 Å². The number of nitrogens with one attached hydrogen (secondary N) is 2. The fraction of sp³-hybridized carbons (Fsp3) is 0.591. The SMILES string of the molecule is Cc1cn2c(n1)CCC(NC(=NC1CCCCN(CC(=O)N3CCCC3)C1=O)NC#N)=C2. The van der Waals surface area contributed by atoms with Gasteiger partial charge in [0.25, 0.3) is 0 Å². The Bertz CT molecular complexity index is 967. The number of carbonyl (C=O) groups is 2. The van der Waals surface area contributed by atoms with Gasteiger partial charge in [0, 0.05) is 44.1 Å². The summed E-state index contributed by atoms with van der Waals surface area (Å²) in [5.41, 5.74) is 1.84. The number of hydrogen-bond acceptors (Lipinski definition) is 5. The van der Waals surface area contributed by atoms with E-state index in [0.717, 1.165) is 68.8 Å². The molecule has 0 bridgehead atoms. The summed E-state index contributed by atoms with van der Waals surface area (Å²) in [6, 6.07) is -0.623. The first-order valence-corrected chi connectivity index (χ1v) is 11.3. The quantitative estimate of drug-likeness (QED) is 0.313. The van der Waals surface area contributed by atoms with E-state index in [0.29, 0.717) is 13.0 Å².